The van der Waals surface area contributed by atoms with Crippen molar-refractivity contribution in [2.24, 2.45) is 5.92 Å². The van der Waals surface area contributed by atoms with Crippen LogP contribution in [0.2, 0.25) is 0 Å². The number of methoxy groups -OCH3 is 1. The Bertz CT molecular complexity index is 191. The highest BCUT2D eigenvalue weighted by atomic mass is 16.5. The molecule has 2 heteroatoms. The average Bonchev–Trinajstić information content (AvgIpc) is 2.96. The number of nitrogens with one attached hydrogen (secondary N) is 1. The third-order valence-corrected chi connectivity index (χ3v) is 4.25. The summed E-state index contributed by atoms with van der Waals surface area (Å²) in [7, 11) is 1.89. The Morgan fingerprint density at radius 3 is 2.53 bits per heavy atom. The first-order chi connectivity index (χ1) is 7.30. The minimum absolute atomic E-state index is 0.185. The van der Waals surface area contributed by atoms with E-state index in [2.05, 4.69) is 12.2 Å². The monoisotopic (exact) mass is 211 g/mol. The summed E-state index contributed by atoms with van der Waals surface area (Å²) in [6.45, 7) is 3.27. The molecule has 2 aliphatic carbocycles. The van der Waals surface area contributed by atoms with Crippen LogP contribution in [0.5, 0.6) is 0 Å². The first kappa shape index (κ1) is 11.4. The van der Waals surface area contributed by atoms with Gasteiger partial charge in [0.05, 0.1) is 5.60 Å². The lowest BCUT2D eigenvalue weighted by Gasteiger charge is -2.47. The highest BCUT2D eigenvalue weighted by molar-refractivity contribution is 5.00. The van der Waals surface area contributed by atoms with Crippen molar-refractivity contribution < 1.29 is 4.74 Å². The van der Waals surface area contributed by atoms with Crippen molar-refractivity contribution in [3.8, 4) is 0 Å². The predicted octanol–water partition coefficient (Wildman–Crippen LogP) is 2.72. The normalized spacial score (nSPS) is 26.0. The van der Waals surface area contributed by atoms with Gasteiger partial charge < -0.3 is 10.1 Å². The van der Waals surface area contributed by atoms with Gasteiger partial charge in [-0.2, -0.15) is 0 Å². The summed E-state index contributed by atoms with van der Waals surface area (Å²) >= 11 is 0. The standard InChI is InChI=1S/C13H25NO/c1-3-14-12(8-7-11-5-6-11)13(15-2)9-4-10-13/h11-12,14H,3-10H2,1-2H3. The molecule has 0 saturated heterocycles. The fraction of sp³-hybridized carbons (Fsp3) is 1.00. The van der Waals surface area contributed by atoms with Crippen molar-refractivity contribution in [1.82, 2.24) is 5.32 Å². The fourth-order valence-corrected chi connectivity index (χ4v) is 2.83. The Kier molecular flexibility index (Phi) is 3.68. The summed E-state index contributed by atoms with van der Waals surface area (Å²) in [5.41, 5.74) is 0.185. The number of ether oxygens (including phenoxy) is 1. The molecule has 2 saturated carbocycles. The Balaban J connectivity index is 1.84. The molecule has 0 aliphatic heterocycles. The van der Waals surface area contributed by atoms with Gasteiger partial charge in [-0.25, -0.2) is 0 Å². The molecule has 1 atom stereocenters. The van der Waals surface area contributed by atoms with Gasteiger partial charge in [0.25, 0.3) is 0 Å². The van der Waals surface area contributed by atoms with Crippen LogP contribution in [0.15, 0.2) is 0 Å². The minimum Gasteiger partial charge on any atom is -0.377 e. The van der Waals surface area contributed by atoms with Crippen LogP contribution in [-0.4, -0.2) is 25.3 Å². The van der Waals surface area contributed by atoms with Gasteiger partial charge in [0.2, 0.25) is 0 Å². The molecule has 0 spiro atoms. The summed E-state index contributed by atoms with van der Waals surface area (Å²) in [5, 5.41) is 3.63. The molecule has 2 rings (SSSR count). The smallest absolute Gasteiger partial charge is 0.0831 e. The van der Waals surface area contributed by atoms with Crippen molar-refractivity contribution in [1.29, 1.82) is 0 Å². The Hall–Kier alpha value is -0.0800. The van der Waals surface area contributed by atoms with E-state index in [0.29, 0.717) is 6.04 Å². The van der Waals surface area contributed by atoms with Gasteiger partial charge in [-0.3, -0.25) is 0 Å². The first-order valence-corrected chi connectivity index (χ1v) is 6.59. The van der Waals surface area contributed by atoms with E-state index in [1.54, 1.807) is 0 Å². The van der Waals surface area contributed by atoms with Crippen LogP contribution in [0, 0.1) is 5.92 Å². The van der Waals surface area contributed by atoms with Gasteiger partial charge in [0.15, 0.2) is 0 Å². The lowest BCUT2D eigenvalue weighted by molar-refractivity contribution is -0.100. The summed E-state index contributed by atoms with van der Waals surface area (Å²) in [5.74, 6) is 1.04. The first-order valence-electron chi connectivity index (χ1n) is 6.59. The molecule has 0 aromatic rings. The number of hydrogen-bond acceptors (Lipinski definition) is 2. The number of rotatable bonds is 7. The molecule has 0 radical (unpaired) electrons. The summed E-state index contributed by atoms with van der Waals surface area (Å²) < 4.78 is 5.78. The van der Waals surface area contributed by atoms with E-state index in [9.17, 15) is 0 Å². The molecule has 1 unspecified atom stereocenters. The molecule has 88 valence electrons. The second-order valence-electron chi connectivity index (χ2n) is 5.25. The Morgan fingerprint density at radius 2 is 2.13 bits per heavy atom. The maximum Gasteiger partial charge on any atom is 0.0831 e. The molecule has 2 fully saturated rings. The summed E-state index contributed by atoms with van der Waals surface area (Å²) in [4.78, 5) is 0. The molecule has 0 aromatic heterocycles. The molecule has 2 aliphatic rings. The molecule has 2 nitrogen and oxygen atoms in total. The molecular formula is C13H25NO. The molecule has 0 amide bonds. The van der Waals surface area contributed by atoms with Gasteiger partial charge in [-0.1, -0.05) is 19.8 Å². The molecule has 1 N–H and O–H groups in total. The lowest BCUT2D eigenvalue weighted by atomic mass is 9.73. The van der Waals surface area contributed by atoms with Gasteiger partial charge in [0.1, 0.15) is 0 Å². The zero-order valence-electron chi connectivity index (χ0n) is 10.2. The van der Waals surface area contributed by atoms with Crippen LogP contribution in [0.4, 0.5) is 0 Å². The van der Waals surface area contributed by atoms with Crippen molar-refractivity contribution >= 4 is 0 Å². The van der Waals surface area contributed by atoms with Gasteiger partial charge in [0, 0.05) is 13.2 Å². The fourth-order valence-electron chi connectivity index (χ4n) is 2.83. The third-order valence-electron chi connectivity index (χ3n) is 4.25. The molecule has 15 heavy (non-hydrogen) atoms. The zero-order chi connectivity index (χ0) is 10.7. The van der Waals surface area contributed by atoms with Crippen LogP contribution in [-0.2, 0) is 4.74 Å². The quantitative estimate of drug-likeness (QED) is 0.699. The van der Waals surface area contributed by atoms with Crippen LogP contribution in [0.3, 0.4) is 0 Å². The van der Waals surface area contributed by atoms with E-state index in [0.717, 1.165) is 12.5 Å². The second-order valence-corrected chi connectivity index (χ2v) is 5.25. The Morgan fingerprint density at radius 1 is 1.40 bits per heavy atom. The van der Waals surface area contributed by atoms with Crippen molar-refractivity contribution in [2.75, 3.05) is 13.7 Å². The molecular weight excluding hydrogens is 186 g/mol. The van der Waals surface area contributed by atoms with E-state index in [4.69, 9.17) is 4.74 Å². The van der Waals surface area contributed by atoms with E-state index >= 15 is 0 Å². The zero-order valence-corrected chi connectivity index (χ0v) is 10.2. The highest BCUT2D eigenvalue weighted by Crippen LogP contribution is 2.41. The topological polar surface area (TPSA) is 21.3 Å². The minimum atomic E-state index is 0.185. The summed E-state index contributed by atoms with van der Waals surface area (Å²) in [6, 6.07) is 0.599. The van der Waals surface area contributed by atoms with Gasteiger partial charge in [-0.15, -0.1) is 0 Å². The van der Waals surface area contributed by atoms with E-state index in [1.807, 2.05) is 7.11 Å². The van der Waals surface area contributed by atoms with Crippen molar-refractivity contribution in [2.45, 2.75) is 63.5 Å². The van der Waals surface area contributed by atoms with E-state index in [-0.39, 0.29) is 5.60 Å². The SMILES string of the molecule is CCNC(CCC1CC1)C1(OC)CCC1. The maximum atomic E-state index is 5.78. The number of hydrogen-bond donors (Lipinski definition) is 1. The highest BCUT2D eigenvalue weighted by Gasteiger charge is 2.44. The average molecular weight is 211 g/mol. The van der Waals surface area contributed by atoms with Gasteiger partial charge >= 0.3 is 0 Å². The van der Waals surface area contributed by atoms with Crippen LogP contribution in [0.1, 0.15) is 51.9 Å². The third kappa shape index (κ3) is 2.54. The Labute approximate surface area is 93.8 Å². The van der Waals surface area contributed by atoms with Gasteiger partial charge in [-0.05, 0) is 44.6 Å². The molecule has 0 aromatic carbocycles. The molecule has 0 heterocycles. The largest absolute Gasteiger partial charge is 0.377 e. The second kappa shape index (κ2) is 4.84. The number of likely N-dealkylation sites (N-methyl/N-ethyl adjacent to an activating group) is 1. The van der Waals surface area contributed by atoms with E-state index < -0.39 is 0 Å². The maximum absolute atomic E-state index is 5.78. The van der Waals surface area contributed by atoms with Crippen LogP contribution >= 0.6 is 0 Å². The van der Waals surface area contributed by atoms with Crippen LogP contribution in [0.25, 0.3) is 0 Å². The lowest BCUT2D eigenvalue weighted by Crippen LogP contribution is -2.56. The van der Waals surface area contributed by atoms with Crippen molar-refractivity contribution in [3.05, 3.63) is 0 Å². The van der Waals surface area contributed by atoms with Crippen LogP contribution < -0.4 is 5.32 Å². The van der Waals surface area contributed by atoms with Crippen molar-refractivity contribution in [3.63, 3.8) is 0 Å². The van der Waals surface area contributed by atoms with E-state index in [1.165, 1.54) is 44.9 Å². The summed E-state index contributed by atoms with van der Waals surface area (Å²) in [6.07, 6.45) is 9.52. The predicted molar refractivity (Wildman–Crippen MR) is 63.0 cm³/mol. The molecule has 0 bridgehead atoms.